The molecule has 0 saturated carbocycles. The van der Waals surface area contributed by atoms with Crippen molar-refractivity contribution in [3.05, 3.63) is 58.8 Å². The summed E-state index contributed by atoms with van der Waals surface area (Å²) >= 11 is 0. The molecule has 0 amide bonds. The zero-order valence-corrected chi connectivity index (χ0v) is 9.20. The van der Waals surface area contributed by atoms with E-state index in [0.717, 1.165) is 0 Å². The van der Waals surface area contributed by atoms with Crippen LogP contribution in [0.3, 0.4) is 0 Å². The number of aryl methyl sites for hydroxylation is 1. The number of rotatable bonds is 2. The molecule has 1 atom stereocenters. The van der Waals surface area contributed by atoms with Gasteiger partial charge in [-0.3, -0.25) is 0 Å². The largest absolute Gasteiger partial charge is 0.460 e. The molecule has 0 aliphatic carbocycles. The summed E-state index contributed by atoms with van der Waals surface area (Å²) in [6, 6.07) is 9.05. The Balaban J connectivity index is 2.42. The van der Waals surface area contributed by atoms with Crippen molar-refractivity contribution in [3.63, 3.8) is 0 Å². The molecule has 2 nitrogen and oxygen atoms in total. The van der Waals surface area contributed by atoms with Gasteiger partial charge in [0.15, 0.2) is 5.82 Å². The fourth-order valence-corrected chi connectivity index (χ4v) is 1.71. The van der Waals surface area contributed by atoms with Crippen LogP contribution in [-0.4, -0.2) is 5.11 Å². The summed E-state index contributed by atoms with van der Waals surface area (Å²) in [6.45, 7) is 3.15. The number of halogens is 1. The zero-order valence-electron chi connectivity index (χ0n) is 9.20. The molecule has 1 N–H and O–H groups in total. The quantitative estimate of drug-likeness (QED) is 0.843. The van der Waals surface area contributed by atoms with Crippen LogP contribution < -0.4 is 0 Å². The molecule has 0 bridgehead atoms. The second-order valence-electron chi connectivity index (χ2n) is 3.77. The van der Waals surface area contributed by atoms with Crippen molar-refractivity contribution in [3.8, 4) is 0 Å². The second kappa shape index (κ2) is 4.10. The average molecular weight is 220 g/mol. The summed E-state index contributed by atoms with van der Waals surface area (Å²) in [7, 11) is 0. The normalized spacial score (nSPS) is 12.8. The third kappa shape index (κ3) is 1.74. The highest BCUT2D eigenvalue weighted by Gasteiger charge is 2.21. The molecule has 84 valence electrons. The van der Waals surface area contributed by atoms with Gasteiger partial charge in [0.25, 0.3) is 0 Å². The van der Waals surface area contributed by atoms with E-state index in [9.17, 15) is 9.50 Å². The predicted octanol–water partition coefficient (Wildman–Crippen LogP) is 3.12. The van der Waals surface area contributed by atoms with Crippen LogP contribution in [-0.2, 0) is 0 Å². The van der Waals surface area contributed by atoms with Gasteiger partial charge in [-0.1, -0.05) is 30.3 Å². The Morgan fingerprint density at radius 2 is 1.81 bits per heavy atom. The van der Waals surface area contributed by atoms with E-state index in [-0.39, 0.29) is 17.3 Å². The molecule has 1 aromatic heterocycles. The molecular weight excluding hydrogens is 207 g/mol. The maximum atomic E-state index is 13.4. The first kappa shape index (κ1) is 10.9. The number of aliphatic hydroxyl groups excluding tert-OH is 1. The first-order chi connectivity index (χ1) is 7.61. The molecule has 1 unspecified atom stereocenters. The highest BCUT2D eigenvalue weighted by atomic mass is 19.1. The SMILES string of the molecule is Cc1oc(C(O)c2ccccc2)c(C)c1F. The van der Waals surface area contributed by atoms with Gasteiger partial charge in [-0.05, 0) is 19.4 Å². The van der Waals surface area contributed by atoms with Gasteiger partial charge in [0.1, 0.15) is 17.6 Å². The lowest BCUT2D eigenvalue weighted by Gasteiger charge is -2.08. The van der Waals surface area contributed by atoms with Crippen molar-refractivity contribution >= 4 is 0 Å². The van der Waals surface area contributed by atoms with Crippen LogP contribution in [0.25, 0.3) is 0 Å². The maximum Gasteiger partial charge on any atom is 0.167 e. The molecule has 0 aliphatic heterocycles. The molecule has 0 spiro atoms. The Hall–Kier alpha value is -1.61. The van der Waals surface area contributed by atoms with Gasteiger partial charge in [-0.15, -0.1) is 0 Å². The van der Waals surface area contributed by atoms with Gasteiger partial charge in [0.2, 0.25) is 0 Å². The minimum Gasteiger partial charge on any atom is -0.460 e. The van der Waals surface area contributed by atoms with Crippen molar-refractivity contribution in [1.29, 1.82) is 0 Å². The Morgan fingerprint density at radius 3 is 2.31 bits per heavy atom. The molecule has 0 saturated heterocycles. The summed E-state index contributed by atoms with van der Waals surface area (Å²) in [5.41, 5.74) is 1.06. The Labute approximate surface area is 93.3 Å². The van der Waals surface area contributed by atoms with Gasteiger partial charge in [-0.2, -0.15) is 0 Å². The van der Waals surface area contributed by atoms with Crippen LogP contribution >= 0.6 is 0 Å². The number of hydrogen-bond acceptors (Lipinski definition) is 2. The fraction of sp³-hybridized carbons (Fsp3) is 0.231. The van der Waals surface area contributed by atoms with Gasteiger partial charge in [0, 0.05) is 5.56 Å². The summed E-state index contributed by atoms with van der Waals surface area (Å²) < 4.78 is 18.7. The Kier molecular flexibility index (Phi) is 2.79. The van der Waals surface area contributed by atoms with Crippen molar-refractivity contribution in [1.82, 2.24) is 0 Å². The number of aliphatic hydroxyl groups is 1. The summed E-state index contributed by atoms with van der Waals surface area (Å²) in [5, 5.41) is 10.1. The highest BCUT2D eigenvalue weighted by Crippen LogP contribution is 2.29. The molecule has 2 aromatic rings. The Bertz CT molecular complexity index is 488. The van der Waals surface area contributed by atoms with Crippen LogP contribution in [0.4, 0.5) is 4.39 Å². The lowest BCUT2D eigenvalue weighted by atomic mass is 10.1. The fourth-order valence-electron chi connectivity index (χ4n) is 1.71. The predicted molar refractivity (Wildman–Crippen MR) is 58.6 cm³/mol. The molecule has 3 heteroatoms. The van der Waals surface area contributed by atoms with E-state index in [0.29, 0.717) is 11.1 Å². The molecule has 1 aromatic carbocycles. The standard InChI is InChI=1S/C13H13FO2/c1-8-11(14)9(2)16-13(8)12(15)10-6-4-3-5-7-10/h3-7,12,15H,1-2H3. The first-order valence-corrected chi connectivity index (χ1v) is 5.09. The maximum absolute atomic E-state index is 13.4. The van der Waals surface area contributed by atoms with E-state index in [1.165, 1.54) is 0 Å². The van der Waals surface area contributed by atoms with Gasteiger partial charge in [0.05, 0.1) is 0 Å². The van der Waals surface area contributed by atoms with Crippen molar-refractivity contribution in [2.75, 3.05) is 0 Å². The number of furan rings is 1. The third-order valence-electron chi connectivity index (χ3n) is 2.63. The second-order valence-corrected chi connectivity index (χ2v) is 3.77. The lowest BCUT2D eigenvalue weighted by Crippen LogP contribution is -1.99. The number of hydrogen-bond donors (Lipinski definition) is 1. The average Bonchev–Trinajstić information content (AvgIpc) is 2.57. The highest BCUT2D eigenvalue weighted by molar-refractivity contribution is 5.31. The molecule has 0 fully saturated rings. The zero-order chi connectivity index (χ0) is 11.7. The van der Waals surface area contributed by atoms with Crippen LogP contribution in [0.5, 0.6) is 0 Å². The van der Waals surface area contributed by atoms with Crippen molar-refractivity contribution < 1.29 is 13.9 Å². The monoisotopic (exact) mass is 220 g/mol. The number of benzene rings is 1. The van der Waals surface area contributed by atoms with E-state index >= 15 is 0 Å². The minimum absolute atomic E-state index is 0.211. The molecular formula is C13H13FO2. The topological polar surface area (TPSA) is 33.4 Å². The molecule has 16 heavy (non-hydrogen) atoms. The molecule has 0 radical (unpaired) electrons. The van der Waals surface area contributed by atoms with Crippen molar-refractivity contribution in [2.45, 2.75) is 20.0 Å². The summed E-state index contributed by atoms with van der Waals surface area (Å²) in [5.74, 6) is 0.105. The summed E-state index contributed by atoms with van der Waals surface area (Å²) in [4.78, 5) is 0. The van der Waals surface area contributed by atoms with Crippen LogP contribution in [0.15, 0.2) is 34.7 Å². The van der Waals surface area contributed by atoms with E-state index in [1.807, 2.05) is 18.2 Å². The van der Waals surface area contributed by atoms with Crippen LogP contribution in [0.2, 0.25) is 0 Å². The molecule has 2 rings (SSSR count). The minimum atomic E-state index is -0.913. The van der Waals surface area contributed by atoms with Crippen molar-refractivity contribution in [2.24, 2.45) is 0 Å². The third-order valence-corrected chi connectivity index (χ3v) is 2.63. The van der Waals surface area contributed by atoms with Crippen LogP contribution in [0.1, 0.15) is 28.8 Å². The van der Waals surface area contributed by atoms with E-state index in [4.69, 9.17) is 4.42 Å². The van der Waals surface area contributed by atoms with E-state index < -0.39 is 6.10 Å². The van der Waals surface area contributed by atoms with Crippen LogP contribution in [0, 0.1) is 19.7 Å². The van der Waals surface area contributed by atoms with E-state index in [1.54, 1.807) is 26.0 Å². The van der Waals surface area contributed by atoms with Gasteiger partial charge >= 0.3 is 0 Å². The lowest BCUT2D eigenvalue weighted by molar-refractivity contribution is 0.186. The smallest absolute Gasteiger partial charge is 0.167 e. The summed E-state index contributed by atoms with van der Waals surface area (Å²) in [6.07, 6.45) is -0.913. The van der Waals surface area contributed by atoms with Gasteiger partial charge in [-0.25, -0.2) is 4.39 Å². The van der Waals surface area contributed by atoms with E-state index in [2.05, 4.69) is 0 Å². The molecule has 0 aliphatic rings. The first-order valence-electron chi connectivity index (χ1n) is 5.09. The Morgan fingerprint density at radius 1 is 1.19 bits per heavy atom. The molecule has 1 heterocycles. The van der Waals surface area contributed by atoms with Gasteiger partial charge < -0.3 is 9.52 Å².